The second-order valence-corrected chi connectivity index (χ2v) is 8.62. The van der Waals surface area contributed by atoms with Crippen molar-refractivity contribution in [3.63, 3.8) is 0 Å². The van der Waals surface area contributed by atoms with Crippen LogP contribution in [-0.4, -0.2) is 65.7 Å². The number of amides is 1. The molecule has 1 N–H and O–H groups in total. The molecule has 0 aliphatic rings. The average molecular weight is 385 g/mol. The van der Waals surface area contributed by atoms with Gasteiger partial charge in [0, 0.05) is 27.3 Å². The van der Waals surface area contributed by atoms with Gasteiger partial charge in [0.1, 0.15) is 4.21 Å². The average Bonchev–Trinajstić information content (AvgIpc) is 2.93. The highest BCUT2D eigenvalue weighted by Gasteiger charge is 2.24. The molecule has 0 saturated carbocycles. The number of ether oxygens (including phenoxy) is 2. The number of methoxy groups -OCH3 is 1. The summed E-state index contributed by atoms with van der Waals surface area (Å²) in [5, 5.41) is 2.65. The van der Waals surface area contributed by atoms with E-state index >= 15 is 0 Å². The first-order valence-electron chi connectivity index (χ1n) is 6.93. The van der Waals surface area contributed by atoms with Gasteiger partial charge in [0.2, 0.25) is 5.91 Å². The minimum atomic E-state index is -3.69. The van der Waals surface area contributed by atoms with Crippen LogP contribution < -0.4 is 5.32 Å². The van der Waals surface area contributed by atoms with E-state index in [9.17, 15) is 13.2 Å². The molecule has 0 saturated heterocycles. The largest absolute Gasteiger partial charge is 0.382 e. The van der Waals surface area contributed by atoms with Crippen molar-refractivity contribution in [2.75, 3.05) is 47.1 Å². The minimum Gasteiger partial charge on any atom is -0.382 e. The first-order chi connectivity index (χ1) is 10.9. The summed E-state index contributed by atoms with van der Waals surface area (Å²) in [7, 11) is -0.738. The Morgan fingerprint density at radius 1 is 1.35 bits per heavy atom. The number of halogens is 1. The summed E-state index contributed by atoms with van der Waals surface area (Å²) in [5.74, 6) is -0.365. The Morgan fingerprint density at radius 3 is 2.70 bits per heavy atom. The summed E-state index contributed by atoms with van der Waals surface area (Å²) < 4.78 is 36.0. The molecule has 1 aromatic rings. The zero-order chi connectivity index (χ0) is 17.3. The maximum atomic E-state index is 12.2. The maximum Gasteiger partial charge on any atom is 0.252 e. The Kier molecular flexibility index (Phi) is 9.03. The lowest BCUT2D eigenvalue weighted by Gasteiger charge is -2.15. The molecule has 0 radical (unpaired) electrons. The van der Waals surface area contributed by atoms with Crippen LogP contribution in [-0.2, 0) is 24.3 Å². The van der Waals surface area contributed by atoms with Crippen molar-refractivity contribution in [3.8, 4) is 0 Å². The molecule has 0 aromatic carbocycles. The van der Waals surface area contributed by atoms with Crippen LogP contribution in [0.25, 0.3) is 0 Å². The molecule has 10 heteroatoms. The molecule has 1 rings (SSSR count). The van der Waals surface area contributed by atoms with Crippen LogP contribution in [0.5, 0.6) is 0 Å². The lowest BCUT2D eigenvalue weighted by molar-refractivity contribution is -0.121. The van der Waals surface area contributed by atoms with Crippen LogP contribution in [0.3, 0.4) is 0 Å². The van der Waals surface area contributed by atoms with E-state index in [1.165, 1.54) is 19.2 Å². The van der Waals surface area contributed by atoms with Gasteiger partial charge in [0.05, 0.1) is 24.1 Å². The summed E-state index contributed by atoms with van der Waals surface area (Å²) >= 11 is 6.70. The summed E-state index contributed by atoms with van der Waals surface area (Å²) in [5.41, 5.74) is 0. The molecular weight excluding hydrogens is 364 g/mol. The fraction of sp³-hybridized carbons (Fsp3) is 0.615. The van der Waals surface area contributed by atoms with E-state index < -0.39 is 10.0 Å². The Balaban J connectivity index is 2.31. The lowest BCUT2D eigenvalue weighted by Crippen LogP contribution is -2.38. The van der Waals surface area contributed by atoms with Gasteiger partial charge >= 0.3 is 0 Å². The fourth-order valence-corrected chi connectivity index (χ4v) is 4.40. The standard InChI is InChI=1S/C13H21ClN2O5S2/c1-16(23(18,19)13-5-4-11(14)22-13)10-12(17)15-6-3-7-21-9-8-20-2/h4-5H,3,6-10H2,1-2H3,(H,15,17). The molecule has 0 unspecified atom stereocenters. The van der Waals surface area contributed by atoms with Gasteiger partial charge < -0.3 is 14.8 Å². The van der Waals surface area contributed by atoms with Crippen molar-refractivity contribution in [2.45, 2.75) is 10.6 Å². The Bertz CT molecular complexity index is 591. The number of sulfonamides is 1. The molecule has 1 amide bonds. The highest BCUT2D eigenvalue weighted by atomic mass is 35.5. The molecule has 0 spiro atoms. The smallest absolute Gasteiger partial charge is 0.252 e. The molecule has 1 aromatic heterocycles. The molecule has 132 valence electrons. The molecule has 7 nitrogen and oxygen atoms in total. The number of likely N-dealkylation sites (N-methyl/N-ethyl adjacent to an activating group) is 1. The summed E-state index contributed by atoms with van der Waals surface area (Å²) in [4.78, 5) is 11.8. The van der Waals surface area contributed by atoms with Crippen LogP contribution in [0.15, 0.2) is 16.3 Å². The maximum absolute atomic E-state index is 12.2. The van der Waals surface area contributed by atoms with E-state index in [1.807, 2.05) is 0 Å². The fourth-order valence-electron chi connectivity index (χ4n) is 1.58. The van der Waals surface area contributed by atoms with Crippen LogP contribution in [0.4, 0.5) is 0 Å². The van der Waals surface area contributed by atoms with Gasteiger partial charge in [-0.25, -0.2) is 8.42 Å². The highest BCUT2D eigenvalue weighted by Crippen LogP contribution is 2.27. The molecule has 1 heterocycles. The third kappa shape index (κ3) is 7.15. The molecule has 0 aliphatic carbocycles. The highest BCUT2D eigenvalue weighted by molar-refractivity contribution is 7.91. The van der Waals surface area contributed by atoms with Gasteiger partial charge in [0.25, 0.3) is 10.0 Å². The number of hydrogen-bond acceptors (Lipinski definition) is 6. The molecule has 0 bridgehead atoms. The SMILES string of the molecule is COCCOCCCNC(=O)CN(C)S(=O)(=O)c1ccc(Cl)s1. The molecule has 23 heavy (non-hydrogen) atoms. The molecule has 0 fully saturated rings. The molecule has 0 aliphatic heterocycles. The van der Waals surface area contributed by atoms with Crippen molar-refractivity contribution in [2.24, 2.45) is 0 Å². The monoisotopic (exact) mass is 384 g/mol. The second kappa shape index (κ2) is 10.2. The Labute approximate surface area is 145 Å². The number of rotatable bonds is 11. The number of carbonyl (C=O) groups excluding carboxylic acids is 1. The van der Waals surface area contributed by atoms with E-state index in [1.54, 1.807) is 7.11 Å². The van der Waals surface area contributed by atoms with Gasteiger partial charge in [-0.2, -0.15) is 4.31 Å². The Morgan fingerprint density at radius 2 is 2.09 bits per heavy atom. The van der Waals surface area contributed by atoms with Gasteiger partial charge in [0.15, 0.2) is 0 Å². The predicted octanol–water partition coefficient (Wildman–Crippen LogP) is 1.19. The van der Waals surface area contributed by atoms with Gasteiger partial charge in [-0.15, -0.1) is 11.3 Å². The van der Waals surface area contributed by atoms with E-state index in [-0.39, 0.29) is 16.7 Å². The third-order valence-electron chi connectivity index (χ3n) is 2.80. The first-order valence-corrected chi connectivity index (χ1v) is 9.56. The summed E-state index contributed by atoms with van der Waals surface area (Å²) in [6.45, 7) is 1.72. The van der Waals surface area contributed by atoms with E-state index in [0.717, 1.165) is 15.6 Å². The summed E-state index contributed by atoms with van der Waals surface area (Å²) in [6, 6.07) is 2.94. The zero-order valence-corrected chi connectivity index (χ0v) is 15.5. The predicted molar refractivity (Wildman–Crippen MR) is 89.5 cm³/mol. The molecular formula is C13H21ClN2O5S2. The number of nitrogens with one attached hydrogen (secondary N) is 1. The Hall–Kier alpha value is -0.710. The van der Waals surface area contributed by atoms with E-state index in [4.69, 9.17) is 21.1 Å². The number of carbonyl (C=O) groups is 1. The van der Waals surface area contributed by atoms with Crippen LogP contribution >= 0.6 is 22.9 Å². The van der Waals surface area contributed by atoms with Gasteiger partial charge in [-0.05, 0) is 18.6 Å². The van der Waals surface area contributed by atoms with Crippen LogP contribution in [0.2, 0.25) is 4.34 Å². The summed E-state index contributed by atoms with van der Waals surface area (Å²) in [6.07, 6.45) is 0.645. The number of nitrogens with zero attached hydrogens (tertiary/aromatic N) is 1. The van der Waals surface area contributed by atoms with Gasteiger partial charge in [-0.1, -0.05) is 11.6 Å². The first kappa shape index (κ1) is 20.3. The lowest BCUT2D eigenvalue weighted by atomic mass is 10.4. The van der Waals surface area contributed by atoms with Crippen LogP contribution in [0, 0.1) is 0 Å². The van der Waals surface area contributed by atoms with E-state index in [2.05, 4.69) is 5.32 Å². The van der Waals surface area contributed by atoms with Crippen molar-refractivity contribution in [3.05, 3.63) is 16.5 Å². The quantitative estimate of drug-likeness (QED) is 0.579. The normalized spacial score (nSPS) is 11.8. The molecule has 0 atom stereocenters. The van der Waals surface area contributed by atoms with Crippen molar-refractivity contribution in [1.82, 2.24) is 9.62 Å². The van der Waals surface area contributed by atoms with E-state index in [0.29, 0.717) is 37.1 Å². The number of hydrogen-bond donors (Lipinski definition) is 1. The minimum absolute atomic E-state index is 0.115. The topological polar surface area (TPSA) is 84.9 Å². The second-order valence-electron chi connectivity index (χ2n) is 4.63. The zero-order valence-electron chi connectivity index (χ0n) is 13.1. The number of thiophene rings is 1. The van der Waals surface area contributed by atoms with Crippen molar-refractivity contribution < 1.29 is 22.7 Å². The van der Waals surface area contributed by atoms with Crippen molar-refractivity contribution >= 4 is 38.9 Å². The van der Waals surface area contributed by atoms with Crippen LogP contribution in [0.1, 0.15) is 6.42 Å². The van der Waals surface area contributed by atoms with Gasteiger partial charge in [-0.3, -0.25) is 4.79 Å². The van der Waals surface area contributed by atoms with Crippen molar-refractivity contribution in [1.29, 1.82) is 0 Å². The third-order valence-corrected chi connectivity index (χ3v) is 6.30.